The van der Waals surface area contributed by atoms with Gasteiger partial charge >= 0.3 is 0 Å². The Balaban J connectivity index is 2.67. The number of ether oxygens (including phenoxy) is 1. The molecule has 0 radical (unpaired) electrons. The van der Waals surface area contributed by atoms with E-state index in [-0.39, 0.29) is 29.7 Å². The minimum atomic E-state index is -1.18. The molecule has 0 saturated carbocycles. The number of halogens is 1. The summed E-state index contributed by atoms with van der Waals surface area (Å²) in [6, 6.07) is 5.74. The number of benzene rings is 2. The predicted octanol–water partition coefficient (Wildman–Crippen LogP) is 4.29. The molecule has 0 aliphatic carbocycles. The molecule has 112 valence electrons. The molecule has 0 spiro atoms. The Kier molecular flexibility index (Phi) is 3.62. The first-order chi connectivity index (χ1) is 12.1. The van der Waals surface area contributed by atoms with Crippen LogP contribution in [0.4, 0.5) is 0 Å². The summed E-state index contributed by atoms with van der Waals surface area (Å²) >= 11 is 3.40. The van der Waals surface area contributed by atoms with E-state index < -0.39 is 11.6 Å². The molecule has 2 aromatic carbocycles. The number of rotatable bonds is 6. The smallest absolute Gasteiger partial charge is 0.115 e. The van der Waals surface area contributed by atoms with Crippen LogP contribution in [0.15, 0.2) is 59.0 Å². The Bertz CT molecular complexity index is 768. The summed E-state index contributed by atoms with van der Waals surface area (Å²) in [5, 5.41) is 0. The lowest BCUT2D eigenvalue weighted by Crippen LogP contribution is -2.31. The highest BCUT2D eigenvalue weighted by Crippen LogP contribution is 2.33. The minimum absolute atomic E-state index is 0.143. The number of hydrogen-bond acceptors (Lipinski definition) is 2. The van der Waals surface area contributed by atoms with E-state index in [4.69, 9.17) is 11.6 Å². The molecular weight excluding hydrogens is 326 g/mol. The highest BCUT2D eigenvalue weighted by atomic mass is 79.9. The minimum Gasteiger partial charge on any atom is -0.365 e. The van der Waals surface area contributed by atoms with Crippen LogP contribution in [0.25, 0.3) is 0 Å². The molecule has 1 unspecified atom stereocenters. The third kappa shape index (κ3) is 4.16. The number of nitrogens with zero attached hydrogens (tertiary/aromatic N) is 1. The average molecular weight is 353 g/mol. The summed E-state index contributed by atoms with van der Waals surface area (Å²) in [7, 11) is 3.84. The molecule has 21 heavy (non-hydrogen) atoms. The van der Waals surface area contributed by atoms with E-state index in [0.717, 1.165) is 10.0 Å². The molecule has 0 amide bonds. The summed E-state index contributed by atoms with van der Waals surface area (Å²) in [5.41, 5.74) is -0.313. The maximum atomic E-state index is 8.33. The molecule has 0 saturated heterocycles. The van der Waals surface area contributed by atoms with Gasteiger partial charge in [-0.2, -0.15) is 0 Å². The fraction of sp³-hybridized carbons (Fsp3) is 0.333. The van der Waals surface area contributed by atoms with Crippen molar-refractivity contribution >= 4 is 15.9 Å². The van der Waals surface area contributed by atoms with Gasteiger partial charge in [0.25, 0.3) is 0 Å². The molecule has 0 heterocycles. The zero-order valence-electron chi connectivity index (χ0n) is 17.5. The fourth-order valence-corrected chi connectivity index (χ4v) is 2.25. The Hall–Kier alpha value is -1.16. The topological polar surface area (TPSA) is 12.5 Å². The van der Waals surface area contributed by atoms with Gasteiger partial charge < -0.3 is 9.64 Å². The van der Waals surface area contributed by atoms with Crippen molar-refractivity contribution in [1.29, 1.82) is 0 Å². The van der Waals surface area contributed by atoms with Gasteiger partial charge in [0.15, 0.2) is 0 Å². The molecule has 1 atom stereocenters. The summed E-state index contributed by atoms with van der Waals surface area (Å²) in [4.78, 5) is 1.96. The van der Waals surface area contributed by atoms with Crippen LogP contribution in [0.5, 0.6) is 0 Å². The second kappa shape index (κ2) is 7.21. The van der Waals surface area contributed by atoms with Crippen LogP contribution in [-0.4, -0.2) is 32.1 Å². The van der Waals surface area contributed by atoms with Gasteiger partial charge in [0.05, 0.1) is 13.5 Å². The van der Waals surface area contributed by atoms with Crippen LogP contribution in [0.3, 0.4) is 0 Å². The van der Waals surface area contributed by atoms with Crippen molar-refractivity contribution < 1.29 is 11.6 Å². The maximum Gasteiger partial charge on any atom is 0.115 e. The molecule has 0 fully saturated rings. The zero-order valence-corrected chi connectivity index (χ0v) is 14.0. The quantitative estimate of drug-likeness (QED) is 0.768. The molecule has 2 aromatic rings. The third-order valence-corrected chi connectivity index (χ3v) is 3.83. The first-order valence-corrected chi connectivity index (χ1v) is 7.51. The van der Waals surface area contributed by atoms with E-state index >= 15 is 0 Å². The van der Waals surface area contributed by atoms with E-state index in [9.17, 15) is 0 Å². The van der Waals surface area contributed by atoms with Crippen LogP contribution in [0.2, 0.25) is 0 Å². The lowest BCUT2D eigenvalue weighted by molar-refractivity contribution is -0.0101. The van der Waals surface area contributed by atoms with Crippen molar-refractivity contribution in [2.75, 3.05) is 27.2 Å². The second-order valence-electron chi connectivity index (χ2n) is 5.19. The second-order valence-corrected chi connectivity index (χ2v) is 6.11. The summed E-state index contributed by atoms with van der Waals surface area (Å²) in [6.07, 6.45) is 0. The number of hydrogen-bond donors (Lipinski definition) is 0. The van der Waals surface area contributed by atoms with Crippen molar-refractivity contribution in [3.05, 3.63) is 70.1 Å². The average Bonchev–Trinajstić information content (AvgIpc) is 2.58. The normalized spacial score (nSPS) is 17.5. The van der Waals surface area contributed by atoms with Crippen LogP contribution in [0.1, 0.15) is 24.9 Å². The van der Waals surface area contributed by atoms with Crippen molar-refractivity contribution in [3.8, 4) is 0 Å². The van der Waals surface area contributed by atoms with E-state index in [0.29, 0.717) is 13.2 Å². The largest absolute Gasteiger partial charge is 0.365 e. The van der Waals surface area contributed by atoms with Gasteiger partial charge in [-0.05, 0) is 44.3 Å². The molecular formula is C18H22BrNO. The molecule has 0 aliphatic heterocycles. The van der Waals surface area contributed by atoms with Gasteiger partial charge in [0.1, 0.15) is 5.60 Å². The molecule has 0 aliphatic rings. The van der Waals surface area contributed by atoms with E-state index in [1.165, 1.54) is 0 Å². The first-order valence-electron chi connectivity index (χ1n) is 9.21. The van der Waals surface area contributed by atoms with Crippen LogP contribution in [-0.2, 0) is 10.3 Å². The highest BCUT2D eigenvalue weighted by Gasteiger charge is 2.29. The SMILES string of the molecule is [2H]c1c([2H])c([2H])c(C(C)(OCCN(C)C)c2ccc(Br)cc2)c([2H])c1[2H]. The summed E-state index contributed by atoms with van der Waals surface area (Å²) in [5.74, 6) is 0. The lowest BCUT2D eigenvalue weighted by Gasteiger charge is -2.32. The van der Waals surface area contributed by atoms with Gasteiger partial charge in [-0.15, -0.1) is 0 Å². The lowest BCUT2D eigenvalue weighted by atomic mass is 9.88. The van der Waals surface area contributed by atoms with Crippen LogP contribution >= 0.6 is 15.9 Å². The molecule has 3 heteroatoms. The van der Waals surface area contributed by atoms with Crippen LogP contribution in [0, 0.1) is 0 Å². The van der Waals surface area contributed by atoms with Gasteiger partial charge in [-0.1, -0.05) is 58.3 Å². The highest BCUT2D eigenvalue weighted by molar-refractivity contribution is 9.10. The Morgan fingerprint density at radius 3 is 2.29 bits per heavy atom. The van der Waals surface area contributed by atoms with Crippen molar-refractivity contribution in [2.45, 2.75) is 12.5 Å². The maximum absolute atomic E-state index is 8.33. The van der Waals surface area contributed by atoms with Crippen molar-refractivity contribution in [3.63, 3.8) is 0 Å². The Labute approximate surface area is 142 Å². The van der Waals surface area contributed by atoms with Gasteiger partial charge in [-0.25, -0.2) is 0 Å². The number of likely N-dealkylation sites (N-methyl/N-ethyl adjacent to an activating group) is 1. The zero-order chi connectivity index (χ0) is 19.6. The first kappa shape index (κ1) is 10.5. The van der Waals surface area contributed by atoms with Gasteiger partial charge in [-0.3, -0.25) is 0 Å². The predicted molar refractivity (Wildman–Crippen MR) is 91.5 cm³/mol. The van der Waals surface area contributed by atoms with E-state index in [1.807, 2.05) is 43.3 Å². The third-order valence-electron chi connectivity index (χ3n) is 3.30. The molecule has 0 bridgehead atoms. The molecule has 0 aromatic heterocycles. The van der Waals surface area contributed by atoms with Crippen LogP contribution < -0.4 is 0 Å². The van der Waals surface area contributed by atoms with Crippen molar-refractivity contribution in [1.82, 2.24) is 4.90 Å². The summed E-state index contributed by atoms with van der Waals surface area (Å²) in [6.45, 7) is 2.74. The standard InChI is InChI=1S/C18H22BrNO/c1-18(21-14-13-20(2)3,15-7-5-4-6-8-15)16-9-11-17(19)12-10-16/h4-12H,13-14H2,1-3H3/i4D,5D,6D,7D,8D. The van der Waals surface area contributed by atoms with Gasteiger partial charge in [0.2, 0.25) is 0 Å². The van der Waals surface area contributed by atoms with Gasteiger partial charge in [0, 0.05) is 11.0 Å². The Morgan fingerprint density at radius 1 is 1.10 bits per heavy atom. The van der Waals surface area contributed by atoms with Crippen molar-refractivity contribution in [2.24, 2.45) is 0 Å². The van der Waals surface area contributed by atoms with E-state index in [1.54, 1.807) is 6.92 Å². The fourth-order valence-electron chi connectivity index (χ4n) is 1.99. The monoisotopic (exact) mass is 352 g/mol. The molecule has 0 N–H and O–H groups in total. The molecule has 2 rings (SSSR count). The van der Waals surface area contributed by atoms with E-state index in [2.05, 4.69) is 15.9 Å². The molecule has 2 nitrogen and oxygen atoms in total. The Morgan fingerprint density at radius 2 is 1.71 bits per heavy atom. The summed E-state index contributed by atoms with van der Waals surface area (Å²) < 4.78 is 47.5.